The van der Waals surface area contributed by atoms with E-state index in [1.807, 2.05) is 12.1 Å². The Labute approximate surface area is 152 Å². The van der Waals surface area contributed by atoms with Gasteiger partial charge >= 0.3 is 0 Å². The molecule has 0 radical (unpaired) electrons. The van der Waals surface area contributed by atoms with Crippen LogP contribution in [0.5, 0.6) is 0 Å². The van der Waals surface area contributed by atoms with Crippen molar-refractivity contribution in [3.63, 3.8) is 0 Å². The predicted molar refractivity (Wildman–Crippen MR) is 96.9 cm³/mol. The summed E-state index contributed by atoms with van der Waals surface area (Å²) in [5, 5.41) is 14.7. The number of halogens is 2. The molecule has 5 nitrogen and oxygen atoms in total. The highest BCUT2D eigenvalue weighted by molar-refractivity contribution is 8.01. The Balaban J connectivity index is 1.54. The van der Waals surface area contributed by atoms with E-state index >= 15 is 0 Å². The van der Waals surface area contributed by atoms with Crippen molar-refractivity contribution in [2.24, 2.45) is 5.92 Å². The number of amides is 1. The van der Waals surface area contributed by atoms with Gasteiger partial charge in [-0.25, -0.2) is 8.78 Å². The molecule has 0 unspecified atom stereocenters. The minimum atomic E-state index is -2.50. The van der Waals surface area contributed by atoms with E-state index in [1.54, 1.807) is 12.1 Å². The summed E-state index contributed by atoms with van der Waals surface area (Å²) in [5.74, 6) is -1.96. The summed E-state index contributed by atoms with van der Waals surface area (Å²) in [5.41, 5.74) is 1.48. The number of nitrogens with one attached hydrogen (secondary N) is 2. The number of anilines is 3. The van der Waals surface area contributed by atoms with E-state index in [2.05, 4.69) is 20.8 Å². The number of hydrogen-bond donors (Lipinski definition) is 2. The number of hydrogen-bond acceptors (Lipinski definition) is 6. The molecule has 0 saturated heterocycles. The molecule has 0 bridgehead atoms. The number of rotatable bonds is 6. The zero-order valence-corrected chi connectivity index (χ0v) is 15.2. The van der Waals surface area contributed by atoms with Crippen molar-refractivity contribution in [2.45, 2.75) is 36.4 Å². The van der Waals surface area contributed by atoms with E-state index in [4.69, 9.17) is 0 Å². The Morgan fingerprint density at radius 2 is 2.20 bits per heavy atom. The summed E-state index contributed by atoms with van der Waals surface area (Å²) in [7, 11) is 0. The fourth-order valence-corrected chi connectivity index (χ4v) is 4.63. The Morgan fingerprint density at radius 3 is 2.92 bits per heavy atom. The fraction of sp³-hybridized carbons (Fsp3) is 0.438. The first-order valence-corrected chi connectivity index (χ1v) is 9.69. The van der Waals surface area contributed by atoms with Gasteiger partial charge in [-0.05, 0) is 30.5 Å². The summed E-state index contributed by atoms with van der Waals surface area (Å²) in [6, 6.07) is 7.28. The molecule has 25 heavy (non-hydrogen) atoms. The number of thioether (sulfide) groups is 1. The highest BCUT2D eigenvalue weighted by Gasteiger charge is 2.39. The van der Waals surface area contributed by atoms with Crippen molar-refractivity contribution in [2.75, 3.05) is 16.4 Å². The van der Waals surface area contributed by atoms with E-state index in [0.717, 1.165) is 10.0 Å². The third kappa shape index (κ3) is 5.37. The number of carbonyl (C=O) groups is 1. The molecule has 1 saturated carbocycles. The van der Waals surface area contributed by atoms with Crippen molar-refractivity contribution in [3.05, 3.63) is 24.3 Å². The average molecular weight is 384 g/mol. The van der Waals surface area contributed by atoms with Gasteiger partial charge in [-0.3, -0.25) is 4.79 Å². The van der Waals surface area contributed by atoms with Crippen LogP contribution in [0.15, 0.2) is 28.6 Å². The van der Waals surface area contributed by atoms with E-state index in [-0.39, 0.29) is 24.7 Å². The summed E-state index contributed by atoms with van der Waals surface area (Å²) in [6.07, 6.45) is 0.533. The molecule has 2 N–H and O–H groups in total. The molecule has 134 valence electrons. The second-order valence-corrected chi connectivity index (χ2v) is 8.28. The largest absolute Gasteiger partial charge is 0.330 e. The van der Waals surface area contributed by atoms with Crippen LogP contribution in [0.25, 0.3) is 0 Å². The number of carbonyl (C=O) groups excluding carboxylic acids is 1. The fourth-order valence-electron chi connectivity index (χ4n) is 2.69. The lowest BCUT2D eigenvalue weighted by atomic mass is 10.1. The van der Waals surface area contributed by atoms with Gasteiger partial charge in [0.25, 0.3) is 0 Å². The molecule has 1 aromatic carbocycles. The Kier molecular flexibility index (Phi) is 5.53. The normalized spacial score (nSPS) is 18.9. The zero-order chi connectivity index (χ0) is 17.9. The molecule has 1 aliphatic rings. The molecule has 1 atom stereocenters. The minimum Gasteiger partial charge on any atom is -0.330 e. The Hall–Kier alpha value is -1.74. The number of aromatic nitrogens is 2. The van der Waals surface area contributed by atoms with Gasteiger partial charge in [-0.15, -0.1) is 10.2 Å². The number of alkyl halides is 2. The molecule has 1 amide bonds. The molecule has 0 aliphatic heterocycles. The maximum Gasteiger partial charge on any atom is 0.248 e. The summed E-state index contributed by atoms with van der Waals surface area (Å²) in [6.45, 7) is 1.45. The molecule has 1 aliphatic carbocycles. The van der Waals surface area contributed by atoms with Gasteiger partial charge in [0.1, 0.15) is 0 Å². The minimum absolute atomic E-state index is 0.00814. The van der Waals surface area contributed by atoms with Crippen LogP contribution >= 0.6 is 23.1 Å². The number of nitrogens with zero attached hydrogens (tertiary/aromatic N) is 2. The third-order valence-electron chi connectivity index (χ3n) is 3.79. The van der Waals surface area contributed by atoms with Crippen LogP contribution in [0.1, 0.15) is 26.2 Å². The Bertz CT molecular complexity index is 753. The first-order valence-electron chi connectivity index (χ1n) is 7.88. The molecule has 0 spiro atoms. The van der Waals surface area contributed by atoms with Gasteiger partial charge in [0.15, 0.2) is 4.34 Å². The monoisotopic (exact) mass is 384 g/mol. The summed E-state index contributed by atoms with van der Waals surface area (Å²) >= 11 is 2.86. The summed E-state index contributed by atoms with van der Waals surface area (Å²) < 4.78 is 27.2. The molecular formula is C16H18F2N4OS2. The SMILES string of the molecule is CC(=O)Nc1cccc(Nc2nnc(SC[C@@H]3CCC(F)(F)C3)s2)c1. The van der Waals surface area contributed by atoms with E-state index in [1.165, 1.54) is 30.0 Å². The highest BCUT2D eigenvalue weighted by atomic mass is 32.2. The zero-order valence-electron chi connectivity index (χ0n) is 13.6. The molecule has 3 rings (SSSR count). The standard InChI is InChI=1S/C16H18F2N4OS2/c1-10(23)19-12-3-2-4-13(7-12)20-14-21-22-15(25-14)24-9-11-5-6-16(17,18)8-11/h2-4,7,11H,5-6,8-9H2,1H3,(H,19,23)(H,20,21)/t11-/m1/s1. The van der Waals surface area contributed by atoms with Crippen molar-refractivity contribution >= 4 is 45.5 Å². The smallest absolute Gasteiger partial charge is 0.248 e. The Morgan fingerprint density at radius 1 is 1.40 bits per heavy atom. The topological polar surface area (TPSA) is 66.9 Å². The van der Waals surface area contributed by atoms with Crippen LogP contribution in [0.4, 0.5) is 25.3 Å². The maximum atomic E-state index is 13.2. The van der Waals surface area contributed by atoms with Crippen LogP contribution in [-0.4, -0.2) is 27.8 Å². The van der Waals surface area contributed by atoms with Crippen molar-refractivity contribution < 1.29 is 13.6 Å². The van der Waals surface area contributed by atoms with E-state index in [9.17, 15) is 13.6 Å². The van der Waals surface area contributed by atoms with E-state index in [0.29, 0.717) is 23.0 Å². The summed E-state index contributed by atoms with van der Waals surface area (Å²) in [4.78, 5) is 11.1. The van der Waals surface area contributed by atoms with Crippen LogP contribution < -0.4 is 10.6 Å². The first kappa shape index (κ1) is 18.1. The van der Waals surface area contributed by atoms with Crippen molar-refractivity contribution in [3.8, 4) is 0 Å². The quantitative estimate of drug-likeness (QED) is 0.703. The third-order valence-corrected chi connectivity index (χ3v) is 5.99. The predicted octanol–water partition coefficient (Wildman–Crippen LogP) is 4.77. The van der Waals surface area contributed by atoms with Gasteiger partial charge in [0, 0.05) is 36.9 Å². The van der Waals surface area contributed by atoms with Gasteiger partial charge in [0.05, 0.1) is 0 Å². The molecule has 2 aromatic rings. The van der Waals surface area contributed by atoms with Crippen LogP contribution in [0, 0.1) is 5.92 Å². The lowest BCUT2D eigenvalue weighted by molar-refractivity contribution is -0.114. The maximum absolute atomic E-state index is 13.2. The molecule has 1 fully saturated rings. The molecule has 9 heteroatoms. The van der Waals surface area contributed by atoms with Gasteiger partial charge in [-0.2, -0.15) is 0 Å². The number of benzene rings is 1. The van der Waals surface area contributed by atoms with Gasteiger partial charge in [-0.1, -0.05) is 29.2 Å². The lowest BCUT2D eigenvalue weighted by Crippen LogP contribution is -2.10. The second-order valence-electron chi connectivity index (χ2n) is 6.04. The van der Waals surface area contributed by atoms with Gasteiger partial charge in [0.2, 0.25) is 17.0 Å². The molecule has 1 aromatic heterocycles. The van der Waals surface area contributed by atoms with Crippen molar-refractivity contribution in [1.29, 1.82) is 0 Å². The van der Waals surface area contributed by atoms with Crippen LogP contribution in [-0.2, 0) is 4.79 Å². The van der Waals surface area contributed by atoms with Gasteiger partial charge < -0.3 is 10.6 Å². The average Bonchev–Trinajstić information content (AvgIpc) is 3.11. The highest BCUT2D eigenvalue weighted by Crippen LogP contribution is 2.41. The second kappa shape index (κ2) is 7.65. The van der Waals surface area contributed by atoms with Crippen LogP contribution in [0.2, 0.25) is 0 Å². The lowest BCUT2D eigenvalue weighted by Gasteiger charge is -2.08. The first-order chi connectivity index (χ1) is 11.9. The molecular weight excluding hydrogens is 366 g/mol. The van der Waals surface area contributed by atoms with E-state index < -0.39 is 5.92 Å². The molecule has 1 heterocycles. The van der Waals surface area contributed by atoms with Crippen molar-refractivity contribution in [1.82, 2.24) is 10.2 Å². The van der Waals surface area contributed by atoms with Crippen LogP contribution in [0.3, 0.4) is 0 Å².